The lowest BCUT2D eigenvalue weighted by Gasteiger charge is -2.15. The van der Waals surface area contributed by atoms with Gasteiger partial charge in [-0.2, -0.15) is 0 Å². The number of carbonyl (C=O) groups is 2. The minimum atomic E-state index is -0.459. The van der Waals surface area contributed by atoms with Crippen LogP contribution in [0.2, 0.25) is 0 Å². The highest BCUT2D eigenvalue weighted by Crippen LogP contribution is 2.29. The van der Waals surface area contributed by atoms with E-state index in [2.05, 4.69) is 21.2 Å². The van der Waals surface area contributed by atoms with Gasteiger partial charge in [-0.05, 0) is 36.6 Å². The molecule has 0 radical (unpaired) electrons. The van der Waals surface area contributed by atoms with Crippen LogP contribution in [0.15, 0.2) is 44.6 Å². The molecule has 3 rings (SSSR count). The van der Waals surface area contributed by atoms with E-state index in [-0.39, 0.29) is 24.1 Å². The molecule has 1 aromatic carbocycles. The number of esters is 1. The summed E-state index contributed by atoms with van der Waals surface area (Å²) in [6, 6.07) is 8.88. The first-order valence-corrected chi connectivity index (χ1v) is 9.26. The van der Waals surface area contributed by atoms with Gasteiger partial charge in [-0.1, -0.05) is 22.0 Å². The molecule has 1 atom stereocenters. The van der Waals surface area contributed by atoms with Crippen LogP contribution in [0.5, 0.6) is 0 Å². The standard InChI is InChI=1S/C18H16BrNO4S/c1-10-12-8-11(19)5-6-14(12)24-17(10)18(22)20-13(9-16(21)23-2)15-4-3-7-25-15/h3-8,13H,9H2,1-2H3,(H,20,22). The highest BCUT2D eigenvalue weighted by Gasteiger charge is 2.24. The van der Waals surface area contributed by atoms with Crippen LogP contribution in [-0.2, 0) is 9.53 Å². The molecule has 0 bridgehead atoms. The van der Waals surface area contributed by atoms with Gasteiger partial charge in [0.25, 0.3) is 5.91 Å². The fraction of sp³-hybridized carbons (Fsp3) is 0.222. The number of benzene rings is 1. The van der Waals surface area contributed by atoms with Crippen LogP contribution in [0.4, 0.5) is 0 Å². The number of hydrogen-bond donors (Lipinski definition) is 1. The Morgan fingerprint density at radius 3 is 2.84 bits per heavy atom. The second-order valence-corrected chi connectivity index (χ2v) is 7.41. The van der Waals surface area contributed by atoms with Crippen molar-refractivity contribution in [3.05, 3.63) is 56.4 Å². The number of nitrogens with one attached hydrogen (secondary N) is 1. The monoisotopic (exact) mass is 421 g/mol. The van der Waals surface area contributed by atoms with Gasteiger partial charge in [0, 0.05) is 20.3 Å². The average molecular weight is 422 g/mol. The summed E-state index contributed by atoms with van der Waals surface area (Å²) in [6.45, 7) is 1.84. The molecule has 1 N–H and O–H groups in total. The van der Waals surface area contributed by atoms with E-state index in [4.69, 9.17) is 9.15 Å². The van der Waals surface area contributed by atoms with E-state index in [1.165, 1.54) is 18.4 Å². The first kappa shape index (κ1) is 17.7. The van der Waals surface area contributed by atoms with Crippen molar-refractivity contribution >= 4 is 50.1 Å². The molecule has 130 valence electrons. The van der Waals surface area contributed by atoms with Crippen molar-refractivity contribution in [2.45, 2.75) is 19.4 Å². The number of halogens is 1. The van der Waals surface area contributed by atoms with Gasteiger partial charge >= 0.3 is 5.97 Å². The minimum Gasteiger partial charge on any atom is -0.469 e. The summed E-state index contributed by atoms with van der Waals surface area (Å²) in [4.78, 5) is 25.3. The highest BCUT2D eigenvalue weighted by atomic mass is 79.9. The summed E-state index contributed by atoms with van der Waals surface area (Å²) >= 11 is 4.89. The van der Waals surface area contributed by atoms with Crippen molar-refractivity contribution < 1.29 is 18.7 Å². The van der Waals surface area contributed by atoms with Gasteiger partial charge in [0.05, 0.1) is 19.6 Å². The smallest absolute Gasteiger partial charge is 0.307 e. The summed E-state index contributed by atoms with van der Waals surface area (Å²) in [5.74, 6) is -0.490. The third kappa shape index (κ3) is 3.77. The van der Waals surface area contributed by atoms with Crippen LogP contribution in [0.3, 0.4) is 0 Å². The van der Waals surface area contributed by atoms with E-state index in [1.807, 2.05) is 42.6 Å². The number of methoxy groups -OCH3 is 1. The zero-order valence-corrected chi connectivity index (χ0v) is 16.1. The number of thiophene rings is 1. The summed E-state index contributed by atoms with van der Waals surface area (Å²) < 4.78 is 11.4. The van der Waals surface area contributed by atoms with Crippen molar-refractivity contribution in [3.8, 4) is 0 Å². The van der Waals surface area contributed by atoms with Crippen LogP contribution in [-0.4, -0.2) is 19.0 Å². The lowest BCUT2D eigenvalue weighted by atomic mass is 10.1. The van der Waals surface area contributed by atoms with Gasteiger partial charge in [-0.15, -0.1) is 11.3 Å². The minimum absolute atomic E-state index is 0.0631. The Bertz CT molecular complexity index is 917. The number of aryl methyl sites for hydroxylation is 1. The molecule has 0 fully saturated rings. The molecular weight excluding hydrogens is 406 g/mol. The molecule has 1 amide bonds. The van der Waals surface area contributed by atoms with Crippen LogP contribution in [0, 0.1) is 6.92 Å². The number of ether oxygens (including phenoxy) is 1. The zero-order valence-electron chi connectivity index (χ0n) is 13.7. The molecule has 0 aliphatic rings. The summed E-state index contributed by atoms with van der Waals surface area (Å²) in [7, 11) is 1.33. The Labute approximate surface area is 157 Å². The van der Waals surface area contributed by atoms with E-state index in [9.17, 15) is 9.59 Å². The second-order valence-electron chi connectivity index (χ2n) is 5.52. The Hall–Kier alpha value is -2.12. The average Bonchev–Trinajstić information content (AvgIpc) is 3.23. The molecule has 2 aromatic heterocycles. The molecule has 0 aliphatic heterocycles. The molecular formula is C18H16BrNO4S. The Kier molecular flexibility index (Phi) is 5.24. The van der Waals surface area contributed by atoms with Crippen molar-refractivity contribution in [2.24, 2.45) is 0 Å². The first-order chi connectivity index (χ1) is 12.0. The molecule has 25 heavy (non-hydrogen) atoms. The van der Waals surface area contributed by atoms with Gasteiger partial charge in [-0.3, -0.25) is 9.59 Å². The third-order valence-corrected chi connectivity index (χ3v) is 5.37. The van der Waals surface area contributed by atoms with Gasteiger partial charge in [0.2, 0.25) is 0 Å². The maximum atomic E-state index is 12.7. The van der Waals surface area contributed by atoms with Crippen molar-refractivity contribution in [1.82, 2.24) is 5.32 Å². The summed E-state index contributed by atoms with van der Waals surface area (Å²) in [5.41, 5.74) is 1.41. The Balaban J connectivity index is 1.88. The number of carbonyl (C=O) groups excluding carboxylic acids is 2. The maximum Gasteiger partial charge on any atom is 0.307 e. The van der Waals surface area contributed by atoms with E-state index in [0.717, 1.165) is 20.3 Å². The van der Waals surface area contributed by atoms with Crippen LogP contribution in [0.1, 0.15) is 33.5 Å². The molecule has 2 heterocycles. The number of hydrogen-bond acceptors (Lipinski definition) is 5. The van der Waals surface area contributed by atoms with E-state index < -0.39 is 6.04 Å². The number of amides is 1. The molecule has 0 spiro atoms. The van der Waals surface area contributed by atoms with Gasteiger partial charge in [0.15, 0.2) is 5.76 Å². The normalized spacial score (nSPS) is 12.1. The van der Waals surface area contributed by atoms with Crippen molar-refractivity contribution in [1.29, 1.82) is 0 Å². The summed E-state index contributed by atoms with van der Waals surface area (Å²) in [5, 5.41) is 5.66. The molecule has 1 unspecified atom stereocenters. The topological polar surface area (TPSA) is 68.5 Å². The fourth-order valence-electron chi connectivity index (χ4n) is 2.60. The number of rotatable bonds is 5. The Morgan fingerprint density at radius 2 is 2.16 bits per heavy atom. The predicted octanol–water partition coefficient (Wildman–Crippen LogP) is 4.60. The second kappa shape index (κ2) is 7.41. The molecule has 7 heteroatoms. The number of furan rings is 1. The molecule has 5 nitrogen and oxygen atoms in total. The lowest BCUT2D eigenvalue weighted by molar-refractivity contribution is -0.141. The highest BCUT2D eigenvalue weighted by molar-refractivity contribution is 9.10. The lowest BCUT2D eigenvalue weighted by Crippen LogP contribution is -2.30. The number of fused-ring (bicyclic) bond motifs is 1. The summed E-state index contributed by atoms with van der Waals surface area (Å²) in [6.07, 6.45) is 0.0631. The quantitative estimate of drug-likeness (QED) is 0.611. The molecule has 0 aliphatic carbocycles. The zero-order chi connectivity index (χ0) is 18.0. The van der Waals surface area contributed by atoms with Crippen molar-refractivity contribution in [3.63, 3.8) is 0 Å². The first-order valence-electron chi connectivity index (χ1n) is 7.59. The van der Waals surface area contributed by atoms with Crippen LogP contribution in [0.25, 0.3) is 11.0 Å². The van der Waals surface area contributed by atoms with Gasteiger partial charge < -0.3 is 14.5 Å². The van der Waals surface area contributed by atoms with E-state index >= 15 is 0 Å². The van der Waals surface area contributed by atoms with Crippen molar-refractivity contribution in [2.75, 3.05) is 7.11 Å². The van der Waals surface area contributed by atoms with Crippen LogP contribution < -0.4 is 5.32 Å². The SMILES string of the molecule is COC(=O)CC(NC(=O)c1oc2ccc(Br)cc2c1C)c1cccs1. The largest absolute Gasteiger partial charge is 0.469 e. The maximum absolute atomic E-state index is 12.7. The van der Waals surface area contributed by atoms with E-state index in [0.29, 0.717) is 5.58 Å². The molecule has 3 aromatic rings. The van der Waals surface area contributed by atoms with Crippen LogP contribution >= 0.6 is 27.3 Å². The predicted molar refractivity (Wildman–Crippen MR) is 99.8 cm³/mol. The van der Waals surface area contributed by atoms with E-state index in [1.54, 1.807) is 0 Å². The molecule has 0 saturated carbocycles. The van der Waals surface area contributed by atoms with Gasteiger partial charge in [-0.25, -0.2) is 0 Å². The third-order valence-electron chi connectivity index (χ3n) is 3.89. The fourth-order valence-corrected chi connectivity index (χ4v) is 3.73. The molecule has 0 saturated heterocycles. The van der Waals surface area contributed by atoms with Gasteiger partial charge in [0.1, 0.15) is 5.58 Å². The Morgan fingerprint density at radius 1 is 1.36 bits per heavy atom.